The SMILES string of the molecule is CSc1nc2n(n1)[C@H]([C@H]1CC=CCC1)C=C(C(=O)O)N2. The minimum Gasteiger partial charge on any atom is -0.477 e. The van der Waals surface area contributed by atoms with Gasteiger partial charge in [0.2, 0.25) is 11.1 Å². The van der Waals surface area contributed by atoms with Crippen molar-refractivity contribution in [3.8, 4) is 0 Å². The molecule has 0 radical (unpaired) electrons. The summed E-state index contributed by atoms with van der Waals surface area (Å²) in [6.07, 6.45) is 11.0. The Morgan fingerprint density at radius 2 is 2.40 bits per heavy atom. The highest BCUT2D eigenvalue weighted by atomic mass is 32.2. The summed E-state index contributed by atoms with van der Waals surface area (Å²) in [5, 5.41) is 17.2. The van der Waals surface area contributed by atoms with Crippen LogP contribution in [0, 0.1) is 5.92 Å². The van der Waals surface area contributed by atoms with E-state index in [1.54, 1.807) is 6.08 Å². The van der Waals surface area contributed by atoms with E-state index in [-0.39, 0.29) is 11.7 Å². The van der Waals surface area contributed by atoms with Gasteiger partial charge < -0.3 is 10.4 Å². The largest absolute Gasteiger partial charge is 0.477 e. The van der Waals surface area contributed by atoms with E-state index in [4.69, 9.17) is 0 Å². The summed E-state index contributed by atoms with van der Waals surface area (Å²) in [6, 6.07) is -0.0456. The third kappa shape index (κ3) is 2.33. The fourth-order valence-electron chi connectivity index (χ4n) is 2.67. The molecular formula is C13H16N4O2S. The number of thioether (sulfide) groups is 1. The first kappa shape index (κ1) is 13.2. The van der Waals surface area contributed by atoms with E-state index in [1.807, 2.05) is 10.9 Å². The predicted molar refractivity (Wildman–Crippen MR) is 76.7 cm³/mol. The molecule has 6 nitrogen and oxygen atoms in total. The maximum atomic E-state index is 11.3. The van der Waals surface area contributed by atoms with Crippen molar-refractivity contribution in [2.45, 2.75) is 30.5 Å². The fraction of sp³-hybridized carbons (Fsp3) is 0.462. The molecule has 0 saturated carbocycles. The molecule has 0 aromatic carbocycles. The molecule has 1 aliphatic heterocycles. The second kappa shape index (κ2) is 5.32. The van der Waals surface area contributed by atoms with E-state index in [0.29, 0.717) is 17.0 Å². The van der Waals surface area contributed by atoms with Gasteiger partial charge in [-0.05, 0) is 37.5 Å². The molecule has 1 aromatic rings. The molecule has 0 amide bonds. The number of rotatable bonds is 3. The Kier molecular flexibility index (Phi) is 3.52. The Hall–Kier alpha value is -1.76. The highest BCUT2D eigenvalue weighted by molar-refractivity contribution is 7.98. The van der Waals surface area contributed by atoms with Crippen LogP contribution in [-0.4, -0.2) is 32.1 Å². The number of allylic oxidation sites excluding steroid dienone is 3. The molecule has 7 heteroatoms. The molecule has 0 spiro atoms. The van der Waals surface area contributed by atoms with Gasteiger partial charge in [0.15, 0.2) is 0 Å². The Labute approximate surface area is 121 Å². The van der Waals surface area contributed by atoms with Crippen LogP contribution in [0.4, 0.5) is 5.95 Å². The summed E-state index contributed by atoms with van der Waals surface area (Å²) in [4.78, 5) is 15.6. The Balaban J connectivity index is 1.99. The predicted octanol–water partition coefficient (Wildman–Crippen LogP) is 2.29. The smallest absolute Gasteiger partial charge is 0.352 e. The number of fused-ring (bicyclic) bond motifs is 1. The van der Waals surface area contributed by atoms with Crippen molar-refractivity contribution in [2.75, 3.05) is 11.6 Å². The molecule has 0 fully saturated rings. The van der Waals surface area contributed by atoms with Gasteiger partial charge in [0.05, 0.1) is 6.04 Å². The topological polar surface area (TPSA) is 80.0 Å². The molecule has 1 aromatic heterocycles. The number of carboxylic acid groups (broad SMARTS) is 1. The first-order valence-corrected chi connectivity index (χ1v) is 7.79. The van der Waals surface area contributed by atoms with Crippen LogP contribution >= 0.6 is 11.8 Å². The fourth-order valence-corrected chi connectivity index (χ4v) is 3.02. The lowest BCUT2D eigenvalue weighted by Gasteiger charge is -2.29. The number of hydrogen-bond donors (Lipinski definition) is 2. The van der Waals surface area contributed by atoms with Gasteiger partial charge in [-0.3, -0.25) is 0 Å². The number of nitrogens with one attached hydrogen (secondary N) is 1. The monoisotopic (exact) mass is 292 g/mol. The molecule has 0 unspecified atom stereocenters. The molecule has 0 bridgehead atoms. The van der Waals surface area contributed by atoms with Crippen LogP contribution in [0.2, 0.25) is 0 Å². The Bertz CT molecular complexity index is 593. The number of carbonyl (C=O) groups is 1. The van der Waals surface area contributed by atoms with Crippen LogP contribution in [0.3, 0.4) is 0 Å². The summed E-state index contributed by atoms with van der Waals surface area (Å²) >= 11 is 1.45. The minimum atomic E-state index is -0.957. The minimum absolute atomic E-state index is 0.0456. The number of hydrogen-bond acceptors (Lipinski definition) is 5. The summed E-state index contributed by atoms with van der Waals surface area (Å²) in [6.45, 7) is 0. The maximum Gasteiger partial charge on any atom is 0.352 e. The van der Waals surface area contributed by atoms with Crippen LogP contribution in [0.1, 0.15) is 25.3 Å². The lowest BCUT2D eigenvalue weighted by atomic mass is 9.87. The van der Waals surface area contributed by atoms with E-state index >= 15 is 0 Å². The lowest BCUT2D eigenvalue weighted by Crippen LogP contribution is -2.28. The number of nitrogens with zero attached hydrogens (tertiary/aromatic N) is 3. The molecule has 106 valence electrons. The number of carboxylic acids is 1. The van der Waals surface area contributed by atoms with Gasteiger partial charge in [-0.25, -0.2) is 9.48 Å². The summed E-state index contributed by atoms with van der Waals surface area (Å²) in [5.41, 5.74) is 0.192. The lowest BCUT2D eigenvalue weighted by molar-refractivity contribution is -0.132. The summed E-state index contributed by atoms with van der Waals surface area (Å²) in [7, 11) is 0. The van der Waals surface area contributed by atoms with Crippen LogP contribution < -0.4 is 5.32 Å². The van der Waals surface area contributed by atoms with E-state index in [0.717, 1.165) is 19.3 Å². The molecule has 20 heavy (non-hydrogen) atoms. The molecule has 2 aliphatic rings. The van der Waals surface area contributed by atoms with E-state index in [9.17, 15) is 9.90 Å². The molecule has 2 heterocycles. The molecule has 1 aliphatic carbocycles. The number of aromatic nitrogens is 3. The van der Waals surface area contributed by atoms with E-state index in [1.165, 1.54) is 11.8 Å². The molecule has 2 atom stereocenters. The number of anilines is 1. The van der Waals surface area contributed by atoms with E-state index < -0.39 is 5.97 Å². The van der Waals surface area contributed by atoms with Crippen molar-refractivity contribution in [3.63, 3.8) is 0 Å². The quantitative estimate of drug-likeness (QED) is 0.657. The zero-order valence-corrected chi connectivity index (χ0v) is 11.9. The van der Waals surface area contributed by atoms with Gasteiger partial charge in [0.1, 0.15) is 5.70 Å². The van der Waals surface area contributed by atoms with Gasteiger partial charge >= 0.3 is 5.97 Å². The zero-order valence-electron chi connectivity index (χ0n) is 11.1. The molecule has 3 rings (SSSR count). The molecule has 2 N–H and O–H groups in total. The van der Waals surface area contributed by atoms with Crippen molar-refractivity contribution in [3.05, 3.63) is 23.9 Å². The second-order valence-corrected chi connectivity index (χ2v) is 5.69. The summed E-state index contributed by atoms with van der Waals surface area (Å²) in [5.74, 6) is -0.0679. The third-order valence-electron chi connectivity index (χ3n) is 3.68. The first-order valence-electron chi connectivity index (χ1n) is 6.56. The van der Waals surface area contributed by atoms with Crippen LogP contribution in [-0.2, 0) is 4.79 Å². The second-order valence-electron chi connectivity index (χ2n) is 4.91. The van der Waals surface area contributed by atoms with Crippen molar-refractivity contribution in [2.24, 2.45) is 5.92 Å². The average molecular weight is 292 g/mol. The van der Waals surface area contributed by atoms with E-state index in [2.05, 4.69) is 27.6 Å². The first-order chi connectivity index (χ1) is 9.69. The van der Waals surface area contributed by atoms with Crippen molar-refractivity contribution < 1.29 is 9.90 Å². The van der Waals surface area contributed by atoms with Gasteiger partial charge in [-0.1, -0.05) is 23.9 Å². The highest BCUT2D eigenvalue weighted by Gasteiger charge is 2.31. The Morgan fingerprint density at radius 1 is 1.55 bits per heavy atom. The zero-order chi connectivity index (χ0) is 14.1. The van der Waals surface area contributed by atoms with Gasteiger partial charge in [-0.15, -0.1) is 5.10 Å². The average Bonchev–Trinajstić information content (AvgIpc) is 2.90. The molecular weight excluding hydrogens is 276 g/mol. The van der Waals surface area contributed by atoms with Crippen molar-refractivity contribution >= 4 is 23.7 Å². The van der Waals surface area contributed by atoms with Crippen LogP contribution in [0.5, 0.6) is 0 Å². The van der Waals surface area contributed by atoms with Crippen LogP contribution in [0.25, 0.3) is 0 Å². The van der Waals surface area contributed by atoms with Gasteiger partial charge in [-0.2, -0.15) is 4.98 Å². The highest BCUT2D eigenvalue weighted by Crippen LogP contribution is 2.36. The normalized spacial score (nSPS) is 24.8. The standard InChI is InChI=1S/C13H16N4O2S/c1-20-13-15-12-14-9(11(18)19)7-10(17(12)16-13)8-5-3-2-4-6-8/h2-3,7-8,10H,4-6H2,1H3,(H,18,19)(H,14,15,16)/t8-,10-/m0/s1. The summed E-state index contributed by atoms with van der Waals surface area (Å²) < 4.78 is 1.82. The van der Waals surface area contributed by atoms with Gasteiger partial charge in [0, 0.05) is 0 Å². The maximum absolute atomic E-state index is 11.3. The van der Waals surface area contributed by atoms with Crippen LogP contribution in [0.15, 0.2) is 29.1 Å². The third-order valence-corrected chi connectivity index (χ3v) is 4.22. The number of aliphatic carboxylic acids is 1. The molecule has 0 saturated heterocycles. The van der Waals surface area contributed by atoms with Crippen molar-refractivity contribution in [1.29, 1.82) is 0 Å². The van der Waals surface area contributed by atoms with Crippen molar-refractivity contribution in [1.82, 2.24) is 14.8 Å². The van der Waals surface area contributed by atoms with Gasteiger partial charge in [0.25, 0.3) is 0 Å². The Morgan fingerprint density at radius 3 is 3.05 bits per heavy atom.